The number of carbonyl (C=O) groups excluding carboxylic acids is 1. The Bertz CT molecular complexity index is 527. The van der Waals surface area contributed by atoms with Crippen molar-refractivity contribution in [3.8, 4) is 0 Å². The molecule has 0 N–H and O–H groups in total. The topological polar surface area (TPSA) is 59.7 Å². The maximum absolute atomic E-state index is 11.5. The summed E-state index contributed by atoms with van der Waals surface area (Å²) in [6.07, 6.45) is 5.27. The molecule has 1 aliphatic rings. The molecule has 1 saturated heterocycles. The van der Waals surface area contributed by atoms with Crippen LogP contribution < -0.4 is 0 Å². The minimum Gasteiger partial charge on any atom is -0.338 e. The molecular formula is C14H22N4O2S. The average molecular weight is 310 g/mol. The molecule has 1 amide bonds. The van der Waals surface area contributed by atoms with Crippen LogP contribution in [-0.2, 0) is 18.3 Å². The van der Waals surface area contributed by atoms with E-state index in [1.165, 1.54) is 10.6 Å². The van der Waals surface area contributed by atoms with E-state index < -0.39 is 6.09 Å². The average Bonchev–Trinajstić information content (AvgIpc) is 3.03. The molecule has 0 radical (unpaired) electrons. The highest BCUT2D eigenvalue weighted by molar-refractivity contribution is 8.14. The molecule has 1 aliphatic heterocycles. The van der Waals surface area contributed by atoms with Crippen molar-refractivity contribution in [3.05, 3.63) is 18.2 Å². The number of amides is 1. The number of carbonyl (C=O) groups is 1. The summed E-state index contributed by atoms with van der Waals surface area (Å²) in [5.41, 5.74) is 1.23. The van der Waals surface area contributed by atoms with E-state index in [2.05, 4.69) is 21.6 Å². The van der Waals surface area contributed by atoms with Crippen LogP contribution in [-0.4, -0.2) is 45.4 Å². The predicted molar refractivity (Wildman–Crippen MR) is 84.2 cm³/mol. The van der Waals surface area contributed by atoms with E-state index in [0.29, 0.717) is 11.8 Å². The van der Waals surface area contributed by atoms with Gasteiger partial charge in [0.05, 0.1) is 6.33 Å². The third kappa shape index (κ3) is 3.78. The molecule has 2 heterocycles. The molecule has 0 spiro atoms. The molecule has 116 valence electrons. The Labute approximate surface area is 129 Å². The van der Waals surface area contributed by atoms with Crippen LogP contribution in [0.15, 0.2) is 17.7 Å². The fraction of sp³-hybridized carbons (Fsp3) is 0.643. The van der Waals surface area contributed by atoms with Crippen LogP contribution in [0.5, 0.6) is 0 Å². The Morgan fingerprint density at radius 3 is 2.95 bits per heavy atom. The second-order valence-electron chi connectivity index (χ2n) is 5.47. The van der Waals surface area contributed by atoms with Gasteiger partial charge in [0.1, 0.15) is 5.04 Å². The van der Waals surface area contributed by atoms with E-state index in [4.69, 9.17) is 4.84 Å². The molecule has 1 fully saturated rings. The number of oxime groups is 1. The molecule has 0 saturated carbocycles. The lowest BCUT2D eigenvalue weighted by Gasteiger charge is -2.17. The summed E-state index contributed by atoms with van der Waals surface area (Å²) in [5, 5.41) is 5.00. The van der Waals surface area contributed by atoms with Gasteiger partial charge in [0.15, 0.2) is 0 Å². The fourth-order valence-corrected chi connectivity index (χ4v) is 3.83. The van der Waals surface area contributed by atoms with E-state index in [1.54, 1.807) is 25.9 Å². The van der Waals surface area contributed by atoms with E-state index in [9.17, 15) is 4.79 Å². The first-order chi connectivity index (χ1) is 10.0. The maximum Gasteiger partial charge on any atom is 0.435 e. The van der Waals surface area contributed by atoms with Crippen LogP contribution in [0.1, 0.15) is 19.0 Å². The van der Waals surface area contributed by atoms with Gasteiger partial charge in [0, 0.05) is 44.7 Å². The highest BCUT2D eigenvalue weighted by atomic mass is 32.2. The van der Waals surface area contributed by atoms with E-state index in [-0.39, 0.29) is 0 Å². The smallest absolute Gasteiger partial charge is 0.338 e. The van der Waals surface area contributed by atoms with Gasteiger partial charge in [-0.25, -0.2) is 9.78 Å². The SMILES string of the molecule is CC[C@H]1C(=NOC(=O)N(C)C)SC[C@@H]1Cc1cncn1C. The van der Waals surface area contributed by atoms with E-state index in [0.717, 1.165) is 23.6 Å². The van der Waals surface area contributed by atoms with Gasteiger partial charge in [-0.2, -0.15) is 0 Å². The maximum atomic E-state index is 11.5. The van der Waals surface area contributed by atoms with Gasteiger partial charge in [-0.1, -0.05) is 12.1 Å². The molecule has 0 unspecified atom stereocenters. The minimum absolute atomic E-state index is 0.347. The molecule has 0 aliphatic carbocycles. The van der Waals surface area contributed by atoms with Crippen molar-refractivity contribution in [2.24, 2.45) is 24.0 Å². The Morgan fingerprint density at radius 2 is 2.38 bits per heavy atom. The Balaban J connectivity index is 2.02. The van der Waals surface area contributed by atoms with Crippen LogP contribution >= 0.6 is 11.8 Å². The van der Waals surface area contributed by atoms with Crippen molar-refractivity contribution in [1.29, 1.82) is 0 Å². The number of hydrogen-bond acceptors (Lipinski definition) is 5. The van der Waals surface area contributed by atoms with Crippen molar-refractivity contribution in [3.63, 3.8) is 0 Å². The molecular weight excluding hydrogens is 288 g/mol. The first-order valence-corrected chi connectivity index (χ1v) is 8.05. The minimum atomic E-state index is -0.437. The summed E-state index contributed by atoms with van der Waals surface area (Å²) in [6, 6.07) is 0. The lowest BCUT2D eigenvalue weighted by atomic mass is 9.89. The van der Waals surface area contributed by atoms with Gasteiger partial charge in [0.2, 0.25) is 0 Å². The molecule has 21 heavy (non-hydrogen) atoms. The Hall–Kier alpha value is -1.50. The van der Waals surface area contributed by atoms with E-state index in [1.807, 2.05) is 19.6 Å². The number of aryl methyl sites for hydroxylation is 1. The standard InChI is InChI=1S/C14H22N4O2S/c1-5-12-10(6-11-7-15-9-18(11)4)8-21-13(12)16-20-14(19)17(2)3/h7,9-10,12H,5-6,8H2,1-4H3/t10-,12+/m0/s1. The highest BCUT2D eigenvalue weighted by Gasteiger charge is 2.33. The lowest BCUT2D eigenvalue weighted by molar-refractivity contribution is 0.122. The third-order valence-electron chi connectivity index (χ3n) is 3.74. The van der Waals surface area contributed by atoms with Crippen LogP contribution in [0, 0.1) is 11.8 Å². The van der Waals surface area contributed by atoms with Crippen molar-refractivity contribution >= 4 is 22.9 Å². The van der Waals surface area contributed by atoms with Crippen LogP contribution in [0.3, 0.4) is 0 Å². The fourth-order valence-electron chi connectivity index (χ4n) is 2.44. The molecule has 2 atom stereocenters. The molecule has 1 aromatic rings. The van der Waals surface area contributed by atoms with Crippen LogP contribution in [0.4, 0.5) is 4.79 Å². The first-order valence-electron chi connectivity index (χ1n) is 7.07. The first kappa shape index (κ1) is 15.9. The molecule has 7 heteroatoms. The van der Waals surface area contributed by atoms with Gasteiger partial charge in [-0.05, 0) is 18.8 Å². The monoisotopic (exact) mass is 310 g/mol. The van der Waals surface area contributed by atoms with Gasteiger partial charge in [-0.15, -0.1) is 11.8 Å². The van der Waals surface area contributed by atoms with Crippen molar-refractivity contribution in [2.45, 2.75) is 19.8 Å². The number of hydrogen-bond donors (Lipinski definition) is 0. The summed E-state index contributed by atoms with van der Waals surface area (Å²) < 4.78 is 2.05. The Morgan fingerprint density at radius 1 is 1.62 bits per heavy atom. The number of nitrogens with zero attached hydrogens (tertiary/aromatic N) is 4. The largest absolute Gasteiger partial charge is 0.435 e. The summed E-state index contributed by atoms with van der Waals surface area (Å²) in [7, 11) is 5.30. The zero-order valence-electron chi connectivity index (χ0n) is 12.9. The van der Waals surface area contributed by atoms with Gasteiger partial charge in [-0.3, -0.25) is 4.84 Å². The molecule has 1 aromatic heterocycles. The van der Waals surface area contributed by atoms with Crippen LogP contribution in [0.25, 0.3) is 0 Å². The summed E-state index contributed by atoms with van der Waals surface area (Å²) in [5.74, 6) is 1.86. The van der Waals surface area contributed by atoms with E-state index >= 15 is 0 Å². The van der Waals surface area contributed by atoms with Gasteiger partial charge < -0.3 is 9.47 Å². The summed E-state index contributed by atoms with van der Waals surface area (Å²) in [6.45, 7) is 2.15. The number of rotatable bonds is 4. The summed E-state index contributed by atoms with van der Waals surface area (Å²) in [4.78, 5) is 22.0. The van der Waals surface area contributed by atoms with Crippen molar-refractivity contribution in [2.75, 3.05) is 19.8 Å². The predicted octanol–water partition coefficient (Wildman–Crippen LogP) is 2.36. The molecule has 0 bridgehead atoms. The molecule has 2 rings (SSSR count). The normalized spacial score (nSPS) is 23.5. The van der Waals surface area contributed by atoms with Crippen molar-refractivity contribution < 1.29 is 9.63 Å². The third-order valence-corrected chi connectivity index (χ3v) is 5.01. The number of thioether (sulfide) groups is 1. The highest BCUT2D eigenvalue weighted by Crippen LogP contribution is 2.37. The zero-order chi connectivity index (χ0) is 15.4. The van der Waals surface area contributed by atoms with Crippen molar-refractivity contribution in [1.82, 2.24) is 14.5 Å². The quantitative estimate of drug-likeness (QED) is 0.633. The molecule has 0 aromatic carbocycles. The number of imidazole rings is 1. The second-order valence-corrected chi connectivity index (χ2v) is 6.51. The zero-order valence-corrected chi connectivity index (χ0v) is 13.8. The van der Waals surface area contributed by atoms with Gasteiger partial charge in [0.25, 0.3) is 0 Å². The summed E-state index contributed by atoms with van der Waals surface area (Å²) >= 11 is 1.69. The Kier molecular flexibility index (Phi) is 5.27. The second kappa shape index (κ2) is 6.98. The van der Waals surface area contributed by atoms with Crippen LogP contribution in [0.2, 0.25) is 0 Å². The lowest BCUT2D eigenvalue weighted by Crippen LogP contribution is -2.22. The van der Waals surface area contributed by atoms with Gasteiger partial charge >= 0.3 is 6.09 Å². The number of aromatic nitrogens is 2. The molecule has 6 nitrogen and oxygen atoms in total.